The first-order valence-corrected chi connectivity index (χ1v) is 8.22. The van der Waals surface area contributed by atoms with Crippen LogP contribution in [0, 0.1) is 0 Å². The molecule has 1 aromatic carbocycles. The van der Waals surface area contributed by atoms with Crippen molar-refractivity contribution in [2.75, 3.05) is 18.0 Å². The highest BCUT2D eigenvalue weighted by Gasteiger charge is 2.29. The molecule has 0 aliphatic carbocycles. The van der Waals surface area contributed by atoms with Gasteiger partial charge in [0.2, 0.25) is 0 Å². The quantitative estimate of drug-likeness (QED) is 0.924. The Bertz CT molecular complexity index is 735. The number of aromatic nitrogens is 4. The van der Waals surface area contributed by atoms with Crippen molar-refractivity contribution in [3.05, 3.63) is 35.7 Å². The molecule has 1 N–H and O–H groups in total. The van der Waals surface area contributed by atoms with Crippen LogP contribution in [0.1, 0.15) is 44.5 Å². The van der Waals surface area contributed by atoms with Gasteiger partial charge in [-0.3, -0.25) is 4.79 Å². The van der Waals surface area contributed by atoms with Crippen molar-refractivity contribution in [2.24, 2.45) is 0 Å². The summed E-state index contributed by atoms with van der Waals surface area (Å²) in [5.74, 6) is -0.461. The van der Waals surface area contributed by atoms with Gasteiger partial charge < -0.3 is 10.0 Å². The van der Waals surface area contributed by atoms with E-state index in [1.54, 1.807) is 4.80 Å². The summed E-state index contributed by atoms with van der Waals surface area (Å²) < 4.78 is 0. The van der Waals surface area contributed by atoms with Gasteiger partial charge >= 0.3 is 5.97 Å². The molecule has 0 saturated heterocycles. The molecule has 0 amide bonds. The number of fused-ring (bicyclic) bond motifs is 1. The van der Waals surface area contributed by atoms with Crippen molar-refractivity contribution >= 4 is 11.7 Å². The Morgan fingerprint density at radius 2 is 2.08 bits per heavy atom. The molecule has 1 aliphatic rings. The van der Waals surface area contributed by atoms with Crippen LogP contribution in [0.25, 0.3) is 0 Å². The van der Waals surface area contributed by atoms with Crippen LogP contribution in [0.3, 0.4) is 0 Å². The molecule has 2 aromatic rings. The van der Waals surface area contributed by atoms with Gasteiger partial charge in [-0.15, -0.1) is 10.2 Å². The molecular weight excluding hydrogens is 306 g/mol. The van der Waals surface area contributed by atoms with Gasteiger partial charge in [-0.2, -0.15) is 4.80 Å². The Labute approximate surface area is 141 Å². The SMILES string of the molecule is CC(C)(C)n1nnc(CCN2CCC(C(=O)O)c3ccccc32)n1. The molecule has 128 valence electrons. The number of benzene rings is 1. The number of tetrazole rings is 1. The molecule has 1 atom stereocenters. The van der Waals surface area contributed by atoms with Crippen molar-refractivity contribution in [2.45, 2.75) is 45.1 Å². The maximum absolute atomic E-state index is 11.5. The minimum Gasteiger partial charge on any atom is -0.481 e. The van der Waals surface area contributed by atoms with Crippen LogP contribution in [0.5, 0.6) is 0 Å². The highest BCUT2D eigenvalue weighted by Crippen LogP contribution is 2.35. The fraction of sp³-hybridized carbons (Fsp3) is 0.529. The molecular formula is C17H23N5O2. The van der Waals surface area contributed by atoms with E-state index in [0.717, 1.165) is 24.3 Å². The first-order chi connectivity index (χ1) is 11.4. The maximum Gasteiger partial charge on any atom is 0.311 e. The Morgan fingerprint density at radius 3 is 2.75 bits per heavy atom. The number of carboxylic acid groups (broad SMARTS) is 1. The minimum atomic E-state index is -0.753. The smallest absolute Gasteiger partial charge is 0.311 e. The van der Waals surface area contributed by atoms with E-state index in [4.69, 9.17) is 0 Å². The third-order valence-corrected chi connectivity index (χ3v) is 4.30. The molecule has 1 unspecified atom stereocenters. The molecule has 24 heavy (non-hydrogen) atoms. The van der Waals surface area contributed by atoms with E-state index in [1.807, 2.05) is 45.0 Å². The summed E-state index contributed by atoms with van der Waals surface area (Å²) in [6.45, 7) is 7.57. The fourth-order valence-electron chi connectivity index (χ4n) is 2.98. The van der Waals surface area contributed by atoms with Crippen LogP contribution in [0.15, 0.2) is 24.3 Å². The zero-order valence-corrected chi connectivity index (χ0v) is 14.3. The number of aliphatic carboxylic acids is 1. The average molecular weight is 329 g/mol. The van der Waals surface area contributed by atoms with Gasteiger partial charge in [0.05, 0.1) is 11.5 Å². The molecule has 2 heterocycles. The maximum atomic E-state index is 11.5. The van der Waals surface area contributed by atoms with Crippen LogP contribution in [0.4, 0.5) is 5.69 Å². The first kappa shape index (κ1) is 16.4. The van der Waals surface area contributed by atoms with Crippen LogP contribution < -0.4 is 4.90 Å². The summed E-state index contributed by atoms with van der Waals surface area (Å²) in [7, 11) is 0. The summed E-state index contributed by atoms with van der Waals surface area (Å²) in [6.07, 6.45) is 1.30. The van der Waals surface area contributed by atoms with Crippen molar-refractivity contribution in [1.82, 2.24) is 20.2 Å². The lowest BCUT2D eigenvalue weighted by Gasteiger charge is -2.34. The monoisotopic (exact) mass is 329 g/mol. The van der Waals surface area contributed by atoms with Crippen LogP contribution in [-0.2, 0) is 16.8 Å². The van der Waals surface area contributed by atoms with Crippen molar-refractivity contribution in [1.29, 1.82) is 0 Å². The van der Waals surface area contributed by atoms with Crippen molar-refractivity contribution < 1.29 is 9.90 Å². The molecule has 0 saturated carbocycles. The van der Waals surface area contributed by atoms with E-state index < -0.39 is 11.9 Å². The zero-order chi connectivity index (χ0) is 17.3. The average Bonchev–Trinajstić information content (AvgIpc) is 3.01. The number of hydrogen-bond donors (Lipinski definition) is 1. The number of rotatable bonds is 4. The zero-order valence-electron chi connectivity index (χ0n) is 14.3. The van der Waals surface area contributed by atoms with E-state index in [0.29, 0.717) is 18.7 Å². The third kappa shape index (κ3) is 3.25. The van der Waals surface area contributed by atoms with Gasteiger partial charge in [-0.05, 0) is 44.0 Å². The number of para-hydroxylation sites is 1. The second-order valence-corrected chi connectivity index (χ2v) is 7.14. The van der Waals surface area contributed by atoms with E-state index in [9.17, 15) is 9.90 Å². The predicted octanol–water partition coefficient (Wildman–Crippen LogP) is 2.05. The Kier molecular flexibility index (Phi) is 4.26. The lowest BCUT2D eigenvalue weighted by molar-refractivity contribution is -0.139. The molecule has 0 radical (unpaired) electrons. The van der Waals surface area contributed by atoms with Gasteiger partial charge in [-0.25, -0.2) is 0 Å². The molecule has 0 bridgehead atoms. The van der Waals surface area contributed by atoms with Crippen LogP contribution >= 0.6 is 0 Å². The van der Waals surface area contributed by atoms with Crippen molar-refractivity contribution in [3.63, 3.8) is 0 Å². The predicted molar refractivity (Wildman–Crippen MR) is 90.2 cm³/mol. The van der Waals surface area contributed by atoms with E-state index in [2.05, 4.69) is 20.3 Å². The van der Waals surface area contributed by atoms with Gasteiger partial charge in [0, 0.05) is 25.2 Å². The lowest BCUT2D eigenvalue weighted by atomic mass is 9.90. The van der Waals surface area contributed by atoms with Gasteiger partial charge in [0.15, 0.2) is 5.82 Å². The normalized spacial score (nSPS) is 17.6. The first-order valence-electron chi connectivity index (χ1n) is 8.22. The topological polar surface area (TPSA) is 84.1 Å². The Hall–Kier alpha value is -2.44. The van der Waals surface area contributed by atoms with E-state index in [1.165, 1.54) is 0 Å². The lowest BCUT2D eigenvalue weighted by Crippen LogP contribution is -2.35. The van der Waals surface area contributed by atoms with Crippen LogP contribution in [-0.4, -0.2) is 44.4 Å². The summed E-state index contributed by atoms with van der Waals surface area (Å²) in [5.41, 5.74) is 1.71. The summed E-state index contributed by atoms with van der Waals surface area (Å²) in [5, 5.41) is 22.1. The van der Waals surface area contributed by atoms with Gasteiger partial charge in [0.1, 0.15) is 0 Å². The Balaban J connectivity index is 1.73. The number of carboxylic acids is 1. The second-order valence-electron chi connectivity index (χ2n) is 7.14. The molecule has 7 nitrogen and oxygen atoms in total. The number of nitrogens with zero attached hydrogens (tertiary/aromatic N) is 5. The number of hydrogen-bond acceptors (Lipinski definition) is 5. The molecule has 3 rings (SSSR count). The molecule has 0 spiro atoms. The standard InChI is InChI=1S/C17H23N5O2/c1-17(2,3)22-19-15(18-20-22)9-11-21-10-8-13(16(23)24)12-6-4-5-7-14(12)21/h4-7,13H,8-11H2,1-3H3,(H,23,24). The second kappa shape index (κ2) is 6.22. The molecule has 1 aliphatic heterocycles. The summed E-state index contributed by atoms with van der Waals surface area (Å²) >= 11 is 0. The van der Waals surface area contributed by atoms with E-state index >= 15 is 0 Å². The largest absolute Gasteiger partial charge is 0.481 e. The highest BCUT2D eigenvalue weighted by atomic mass is 16.4. The summed E-state index contributed by atoms with van der Waals surface area (Å²) in [6, 6.07) is 7.75. The molecule has 1 aromatic heterocycles. The van der Waals surface area contributed by atoms with E-state index in [-0.39, 0.29) is 5.54 Å². The van der Waals surface area contributed by atoms with Gasteiger partial charge in [-0.1, -0.05) is 18.2 Å². The number of anilines is 1. The molecule has 0 fully saturated rings. The van der Waals surface area contributed by atoms with Gasteiger partial charge in [0.25, 0.3) is 0 Å². The van der Waals surface area contributed by atoms with Crippen LogP contribution in [0.2, 0.25) is 0 Å². The third-order valence-electron chi connectivity index (χ3n) is 4.30. The highest BCUT2D eigenvalue weighted by molar-refractivity contribution is 5.80. The fourth-order valence-corrected chi connectivity index (χ4v) is 2.98. The Morgan fingerprint density at radius 1 is 1.33 bits per heavy atom. The minimum absolute atomic E-state index is 0.183. The molecule has 7 heteroatoms. The van der Waals surface area contributed by atoms with Crippen molar-refractivity contribution in [3.8, 4) is 0 Å². The summed E-state index contributed by atoms with van der Waals surface area (Å²) in [4.78, 5) is 15.3. The number of carbonyl (C=O) groups is 1.